The summed E-state index contributed by atoms with van der Waals surface area (Å²) in [7, 11) is 3.37. The summed E-state index contributed by atoms with van der Waals surface area (Å²) in [6.07, 6.45) is 1.87. The Morgan fingerprint density at radius 2 is 1.86 bits per heavy atom. The fourth-order valence-corrected chi connectivity index (χ4v) is 2.90. The third-order valence-corrected chi connectivity index (χ3v) is 4.35. The van der Waals surface area contributed by atoms with Crippen LogP contribution in [-0.2, 0) is 0 Å². The van der Waals surface area contributed by atoms with E-state index in [-0.39, 0.29) is 23.9 Å². The molecule has 0 saturated carbocycles. The van der Waals surface area contributed by atoms with E-state index >= 15 is 0 Å². The zero-order valence-corrected chi connectivity index (χ0v) is 16.4. The van der Waals surface area contributed by atoms with Gasteiger partial charge < -0.3 is 15.5 Å². The highest BCUT2D eigenvalue weighted by atomic mass is 16.2. The molecule has 2 aromatic heterocycles. The molecule has 3 rings (SSSR count). The van der Waals surface area contributed by atoms with E-state index < -0.39 is 0 Å². The Bertz CT molecular complexity index is 995. The number of aromatic nitrogens is 3. The van der Waals surface area contributed by atoms with Crippen LogP contribution in [0.1, 0.15) is 36.1 Å². The molecular weight excluding hydrogens is 356 g/mol. The normalized spacial score (nSPS) is 12.0. The number of amides is 3. The quantitative estimate of drug-likeness (QED) is 0.712. The number of fused-ring (bicyclic) bond motifs is 1. The molecule has 0 aliphatic carbocycles. The van der Waals surface area contributed by atoms with Crippen molar-refractivity contribution in [2.45, 2.75) is 19.9 Å². The van der Waals surface area contributed by atoms with E-state index in [1.165, 1.54) is 4.90 Å². The number of benzene rings is 1. The van der Waals surface area contributed by atoms with Gasteiger partial charge in [0.05, 0.1) is 6.04 Å². The number of carbonyl (C=O) groups excluding carboxylic acids is 2. The summed E-state index contributed by atoms with van der Waals surface area (Å²) in [4.78, 5) is 26.2. The fourth-order valence-electron chi connectivity index (χ4n) is 2.90. The van der Waals surface area contributed by atoms with Gasteiger partial charge in [-0.05, 0) is 36.2 Å². The third kappa shape index (κ3) is 4.11. The van der Waals surface area contributed by atoms with Crippen LogP contribution < -0.4 is 10.6 Å². The molecule has 28 heavy (non-hydrogen) atoms. The maximum atomic E-state index is 12.6. The third-order valence-electron chi connectivity index (χ3n) is 4.35. The molecule has 0 aliphatic heterocycles. The molecule has 8 nitrogen and oxygen atoms in total. The van der Waals surface area contributed by atoms with E-state index in [1.807, 2.05) is 42.6 Å². The molecule has 0 radical (unpaired) electrons. The molecule has 0 spiro atoms. The Balaban J connectivity index is 1.77. The van der Waals surface area contributed by atoms with Crippen LogP contribution in [0.2, 0.25) is 0 Å². The number of carbonyl (C=O) groups is 2. The second kappa shape index (κ2) is 8.08. The van der Waals surface area contributed by atoms with Crippen molar-refractivity contribution in [3.8, 4) is 0 Å². The molecule has 8 heteroatoms. The summed E-state index contributed by atoms with van der Waals surface area (Å²) in [5.41, 5.74) is 1.77. The van der Waals surface area contributed by atoms with Crippen LogP contribution in [0.15, 0.2) is 48.7 Å². The Kier molecular flexibility index (Phi) is 5.58. The summed E-state index contributed by atoms with van der Waals surface area (Å²) in [6, 6.07) is 11.8. The van der Waals surface area contributed by atoms with E-state index in [0.29, 0.717) is 17.1 Å². The number of urea groups is 1. The van der Waals surface area contributed by atoms with Gasteiger partial charge >= 0.3 is 6.03 Å². The van der Waals surface area contributed by atoms with Crippen molar-refractivity contribution in [3.63, 3.8) is 0 Å². The largest absolute Gasteiger partial charge is 0.345 e. The molecule has 146 valence electrons. The Hall–Kier alpha value is -3.42. The van der Waals surface area contributed by atoms with Gasteiger partial charge in [0.15, 0.2) is 11.5 Å². The molecule has 0 aliphatic rings. The molecule has 1 aromatic carbocycles. The van der Waals surface area contributed by atoms with E-state index in [2.05, 4.69) is 20.8 Å². The van der Waals surface area contributed by atoms with Crippen LogP contribution in [0.3, 0.4) is 0 Å². The van der Waals surface area contributed by atoms with Crippen molar-refractivity contribution in [2.75, 3.05) is 19.4 Å². The minimum Gasteiger partial charge on any atom is -0.345 e. The van der Waals surface area contributed by atoms with E-state index in [1.54, 1.807) is 38.4 Å². The molecule has 3 aromatic rings. The highest BCUT2D eigenvalue weighted by molar-refractivity contribution is 5.96. The number of anilines is 1. The minimum atomic E-state index is -0.374. The molecule has 0 saturated heterocycles. The Labute approximate surface area is 163 Å². The highest BCUT2D eigenvalue weighted by Crippen LogP contribution is 2.21. The van der Waals surface area contributed by atoms with E-state index in [9.17, 15) is 9.59 Å². The van der Waals surface area contributed by atoms with Gasteiger partial charge in [-0.3, -0.25) is 9.20 Å². The summed E-state index contributed by atoms with van der Waals surface area (Å²) in [5.74, 6) is 0.636. The summed E-state index contributed by atoms with van der Waals surface area (Å²) < 4.78 is 1.86. The van der Waals surface area contributed by atoms with Crippen LogP contribution in [0.25, 0.3) is 5.65 Å². The van der Waals surface area contributed by atoms with Gasteiger partial charge in [-0.2, -0.15) is 0 Å². The molecule has 2 N–H and O–H groups in total. The van der Waals surface area contributed by atoms with Crippen LogP contribution in [0.4, 0.5) is 10.5 Å². The number of rotatable bonds is 5. The first-order valence-electron chi connectivity index (χ1n) is 9.05. The summed E-state index contributed by atoms with van der Waals surface area (Å²) in [6.45, 7) is 4.01. The molecular formula is C20H24N6O2. The van der Waals surface area contributed by atoms with E-state index in [4.69, 9.17) is 0 Å². The van der Waals surface area contributed by atoms with Gasteiger partial charge in [-0.25, -0.2) is 4.79 Å². The molecule has 1 unspecified atom stereocenters. The average Bonchev–Trinajstić information content (AvgIpc) is 3.09. The van der Waals surface area contributed by atoms with Crippen LogP contribution in [-0.4, -0.2) is 45.5 Å². The van der Waals surface area contributed by atoms with Crippen molar-refractivity contribution in [1.82, 2.24) is 24.8 Å². The molecule has 2 heterocycles. The second-order valence-corrected chi connectivity index (χ2v) is 7.09. The Morgan fingerprint density at radius 3 is 2.57 bits per heavy atom. The van der Waals surface area contributed by atoms with Crippen molar-refractivity contribution >= 4 is 23.3 Å². The van der Waals surface area contributed by atoms with Crippen molar-refractivity contribution in [3.05, 3.63) is 60.0 Å². The number of hydrogen-bond acceptors (Lipinski definition) is 4. The van der Waals surface area contributed by atoms with Gasteiger partial charge in [-0.15, -0.1) is 10.2 Å². The monoisotopic (exact) mass is 380 g/mol. The topological polar surface area (TPSA) is 91.6 Å². The summed E-state index contributed by atoms with van der Waals surface area (Å²) >= 11 is 0. The number of nitrogens with one attached hydrogen (secondary N) is 2. The second-order valence-electron chi connectivity index (χ2n) is 7.09. The minimum absolute atomic E-state index is 0.0972. The molecule has 1 atom stereocenters. The number of nitrogens with zero attached hydrogens (tertiary/aromatic N) is 4. The predicted octanol–water partition coefficient (Wildman–Crippen LogP) is 2.95. The predicted molar refractivity (Wildman–Crippen MR) is 107 cm³/mol. The fraction of sp³-hybridized carbons (Fsp3) is 0.300. The lowest BCUT2D eigenvalue weighted by molar-refractivity contribution is 0.0827. The zero-order valence-electron chi connectivity index (χ0n) is 16.4. The first-order valence-corrected chi connectivity index (χ1v) is 9.05. The maximum absolute atomic E-state index is 12.6. The first-order chi connectivity index (χ1) is 13.4. The van der Waals surface area contributed by atoms with Gasteiger partial charge in [0.2, 0.25) is 0 Å². The molecule has 0 fully saturated rings. The van der Waals surface area contributed by atoms with Crippen LogP contribution in [0, 0.1) is 5.92 Å². The van der Waals surface area contributed by atoms with E-state index in [0.717, 1.165) is 5.65 Å². The SMILES string of the molecule is CC(C)C(NC(=O)Nc1cccc(C(=O)N(C)C)c1)c1nnc2ccccn12. The standard InChI is InChI=1S/C20H24N6O2/c1-13(2)17(18-24-23-16-10-5-6-11-26(16)18)22-20(28)21-15-9-7-8-14(12-15)19(27)25(3)4/h5-13,17H,1-4H3,(H2,21,22,28). The van der Waals surface area contributed by atoms with Gasteiger partial charge in [0.25, 0.3) is 5.91 Å². The highest BCUT2D eigenvalue weighted by Gasteiger charge is 2.23. The lowest BCUT2D eigenvalue weighted by atomic mass is 10.0. The van der Waals surface area contributed by atoms with Crippen LogP contribution >= 0.6 is 0 Å². The average molecular weight is 380 g/mol. The molecule has 3 amide bonds. The number of hydrogen-bond donors (Lipinski definition) is 2. The number of pyridine rings is 1. The summed E-state index contributed by atoms with van der Waals surface area (Å²) in [5, 5.41) is 14.2. The van der Waals surface area contributed by atoms with Crippen molar-refractivity contribution in [1.29, 1.82) is 0 Å². The van der Waals surface area contributed by atoms with Crippen LogP contribution in [0.5, 0.6) is 0 Å². The van der Waals surface area contributed by atoms with Gasteiger partial charge in [0, 0.05) is 31.5 Å². The molecule has 0 bridgehead atoms. The zero-order chi connectivity index (χ0) is 20.3. The lowest BCUT2D eigenvalue weighted by Crippen LogP contribution is -2.36. The van der Waals surface area contributed by atoms with Crippen molar-refractivity contribution < 1.29 is 9.59 Å². The maximum Gasteiger partial charge on any atom is 0.319 e. The smallest absolute Gasteiger partial charge is 0.319 e. The Morgan fingerprint density at radius 1 is 1.07 bits per heavy atom. The van der Waals surface area contributed by atoms with Gasteiger partial charge in [0.1, 0.15) is 0 Å². The lowest BCUT2D eigenvalue weighted by Gasteiger charge is -2.21. The van der Waals surface area contributed by atoms with Crippen molar-refractivity contribution in [2.24, 2.45) is 5.92 Å². The first kappa shape index (κ1) is 19.3. The van der Waals surface area contributed by atoms with Gasteiger partial charge in [-0.1, -0.05) is 26.0 Å².